The summed E-state index contributed by atoms with van der Waals surface area (Å²) in [6.07, 6.45) is 7.59. The van der Waals surface area contributed by atoms with Gasteiger partial charge in [-0.2, -0.15) is 0 Å². The van der Waals surface area contributed by atoms with Crippen molar-refractivity contribution in [1.29, 1.82) is 0 Å². The number of benzene rings is 1. The van der Waals surface area contributed by atoms with E-state index in [2.05, 4.69) is 37.3 Å². The number of rotatable bonds is 4. The lowest BCUT2D eigenvalue weighted by atomic mass is 10.2. The highest BCUT2D eigenvalue weighted by Gasteiger charge is 2.21. The summed E-state index contributed by atoms with van der Waals surface area (Å²) in [5.41, 5.74) is 3.71. The molecule has 0 saturated heterocycles. The van der Waals surface area contributed by atoms with Crippen molar-refractivity contribution in [3.8, 4) is 0 Å². The average Bonchev–Trinajstić information content (AvgIpc) is 3.11. The van der Waals surface area contributed by atoms with Crippen molar-refractivity contribution in [2.75, 3.05) is 11.4 Å². The van der Waals surface area contributed by atoms with Crippen molar-refractivity contribution in [3.63, 3.8) is 0 Å². The van der Waals surface area contributed by atoms with Crippen molar-refractivity contribution in [3.05, 3.63) is 78.0 Å². The normalized spacial score (nSPS) is 12.7. The van der Waals surface area contributed by atoms with Gasteiger partial charge in [0.2, 0.25) is 0 Å². The first-order valence-electron chi connectivity index (χ1n) is 8.16. The number of carbonyl (C=O) groups excluding carboxylic acids is 1. The third kappa shape index (κ3) is 3.19. The first kappa shape index (κ1) is 15.3. The van der Waals surface area contributed by atoms with E-state index in [4.69, 9.17) is 0 Å². The lowest BCUT2D eigenvalue weighted by Gasteiger charge is -2.17. The molecule has 6 heteroatoms. The SMILES string of the molecule is O=C(NCc1cccnc1)c1cnc(N2CCc3ccccc32)cn1. The number of amides is 1. The van der Waals surface area contributed by atoms with E-state index in [1.54, 1.807) is 18.6 Å². The van der Waals surface area contributed by atoms with Crippen LogP contribution in [0.25, 0.3) is 0 Å². The Morgan fingerprint density at radius 2 is 2.00 bits per heavy atom. The van der Waals surface area contributed by atoms with Gasteiger partial charge in [-0.15, -0.1) is 0 Å². The van der Waals surface area contributed by atoms with Crippen LogP contribution in [0.4, 0.5) is 11.5 Å². The Morgan fingerprint density at radius 3 is 2.80 bits per heavy atom. The topological polar surface area (TPSA) is 71.0 Å². The van der Waals surface area contributed by atoms with Gasteiger partial charge in [-0.25, -0.2) is 9.97 Å². The first-order valence-corrected chi connectivity index (χ1v) is 8.16. The molecule has 1 amide bonds. The summed E-state index contributed by atoms with van der Waals surface area (Å²) in [5.74, 6) is 0.512. The fraction of sp³-hybridized carbons (Fsp3) is 0.158. The van der Waals surface area contributed by atoms with E-state index in [0.717, 1.165) is 30.0 Å². The smallest absolute Gasteiger partial charge is 0.271 e. The number of para-hydroxylation sites is 1. The van der Waals surface area contributed by atoms with Crippen LogP contribution >= 0.6 is 0 Å². The number of fused-ring (bicyclic) bond motifs is 1. The summed E-state index contributed by atoms with van der Waals surface area (Å²) in [4.78, 5) is 27.1. The van der Waals surface area contributed by atoms with Crippen LogP contribution in [0.3, 0.4) is 0 Å². The Bertz CT molecular complexity index is 880. The Labute approximate surface area is 145 Å². The van der Waals surface area contributed by atoms with Gasteiger partial charge >= 0.3 is 0 Å². The average molecular weight is 331 g/mol. The van der Waals surface area contributed by atoms with Crippen molar-refractivity contribution < 1.29 is 4.79 Å². The number of hydrogen-bond donors (Lipinski definition) is 1. The molecule has 1 aliphatic heterocycles. The van der Waals surface area contributed by atoms with E-state index < -0.39 is 0 Å². The number of aromatic nitrogens is 3. The first-order chi connectivity index (χ1) is 12.3. The monoisotopic (exact) mass is 331 g/mol. The number of nitrogens with one attached hydrogen (secondary N) is 1. The standard InChI is InChI=1S/C19H17N5O/c25-19(23-11-14-4-3-8-20-10-14)16-12-22-18(13-21-16)24-9-7-15-5-1-2-6-17(15)24/h1-6,8,10,12-13H,7,9,11H2,(H,23,25). The van der Waals surface area contributed by atoms with E-state index in [0.29, 0.717) is 12.2 Å². The summed E-state index contributed by atoms with van der Waals surface area (Å²) in [7, 11) is 0. The summed E-state index contributed by atoms with van der Waals surface area (Å²) in [6, 6.07) is 12.0. The van der Waals surface area contributed by atoms with Crippen LogP contribution in [0.2, 0.25) is 0 Å². The maximum atomic E-state index is 12.2. The van der Waals surface area contributed by atoms with Gasteiger partial charge in [0.15, 0.2) is 5.82 Å². The highest BCUT2D eigenvalue weighted by atomic mass is 16.1. The molecule has 1 aliphatic rings. The van der Waals surface area contributed by atoms with Gasteiger partial charge in [-0.3, -0.25) is 9.78 Å². The number of hydrogen-bond acceptors (Lipinski definition) is 5. The highest BCUT2D eigenvalue weighted by Crippen LogP contribution is 2.32. The summed E-state index contributed by atoms with van der Waals surface area (Å²) in [6.45, 7) is 1.29. The number of anilines is 2. The Kier molecular flexibility index (Phi) is 4.08. The van der Waals surface area contributed by atoms with Crippen LogP contribution in [0, 0.1) is 0 Å². The van der Waals surface area contributed by atoms with E-state index in [1.165, 1.54) is 11.8 Å². The molecule has 0 unspecified atom stereocenters. The van der Waals surface area contributed by atoms with Gasteiger partial charge in [-0.1, -0.05) is 24.3 Å². The van der Waals surface area contributed by atoms with Crippen LogP contribution in [0.1, 0.15) is 21.6 Å². The van der Waals surface area contributed by atoms with Crippen LogP contribution in [-0.4, -0.2) is 27.4 Å². The molecule has 0 fully saturated rings. The molecule has 124 valence electrons. The molecule has 6 nitrogen and oxygen atoms in total. The third-order valence-electron chi connectivity index (χ3n) is 4.21. The predicted molar refractivity (Wildman–Crippen MR) is 94.6 cm³/mol. The molecule has 25 heavy (non-hydrogen) atoms. The minimum atomic E-state index is -0.246. The highest BCUT2D eigenvalue weighted by molar-refractivity contribution is 5.92. The van der Waals surface area contributed by atoms with Crippen molar-refractivity contribution in [2.45, 2.75) is 13.0 Å². The maximum Gasteiger partial charge on any atom is 0.271 e. The second-order valence-electron chi connectivity index (χ2n) is 5.83. The van der Waals surface area contributed by atoms with E-state index in [-0.39, 0.29) is 5.91 Å². The Balaban J connectivity index is 1.45. The second kappa shape index (κ2) is 6.68. The van der Waals surface area contributed by atoms with Gasteiger partial charge in [0.1, 0.15) is 5.69 Å². The van der Waals surface area contributed by atoms with Crippen molar-refractivity contribution in [1.82, 2.24) is 20.3 Å². The number of nitrogens with zero attached hydrogens (tertiary/aromatic N) is 4. The lowest BCUT2D eigenvalue weighted by Crippen LogP contribution is -2.24. The third-order valence-corrected chi connectivity index (χ3v) is 4.21. The van der Waals surface area contributed by atoms with Gasteiger partial charge in [-0.05, 0) is 29.7 Å². The lowest BCUT2D eigenvalue weighted by molar-refractivity contribution is 0.0945. The minimum absolute atomic E-state index is 0.246. The molecule has 1 N–H and O–H groups in total. The number of carbonyl (C=O) groups is 1. The molecule has 0 radical (unpaired) electrons. The predicted octanol–water partition coefficient (Wildman–Crippen LogP) is 2.50. The quantitative estimate of drug-likeness (QED) is 0.795. The molecule has 0 spiro atoms. The van der Waals surface area contributed by atoms with Crippen LogP contribution < -0.4 is 10.2 Å². The van der Waals surface area contributed by atoms with E-state index >= 15 is 0 Å². The fourth-order valence-corrected chi connectivity index (χ4v) is 2.93. The molecule has 3 aromatic rings. The molecule has 0 bridgehead atoms. The van der Waals surface area contributed by atoms with E-state index in [9.17, 15) is 4.79 Å². The Morgan fingerprint density at radius 1 is 1.08 bits per heavy atom. The molecule has 4 rings (SSSR count). The zero-order valence-corrected chi connectivity index (χ0v) is 13.6. The van der Waals surface area contributed by atoms with Crippen LogP contribution in [0.5, 0.6) is 0 Å². The molecular formula is C19H17N5O. The maximum absolute atomic E-state index is 12.2. The summed E-state index contributed by atoms with van der Waals surface area (Å²) < 4.78 is 0. The molecule has 0 saturated carbocycles. The van der Waals surface area contributed by atoms with Crippen molar-refractivity contribution in [2.24, 2.45) is 0 Å². The Hall–Kier alpha value is -3.28. The summed E-state index contributed by atoms with van der Waals surface area (Å²) >= 11 is 0. The van der Waals surface area contributed by atoms with Gasteiger partial charge in [0, 0.05) is 31.2 Å². The van der Waals surface area contributed by atoms with Gasteiger partial charge in [0.25, 0.3) is 5.91 Å². The van der Waals surface area contributed by atoms with Gasteiger partial charge < -0.3 is 10.2 Å². The molecular weight excluding hydrogens is 314 g/mol. The zero-order chi connectivity index (χ0) is 17.1. The zero-order valence-electron chi connectivity index (χ0n) is 13.6. The van der Waals surface area contributed by atoms with E-state index in [1.807, 2.05) is 24.3 Å². The van der Waals surface area contributed by atoms with Gasteiger partial charge in [0.05, 0.1) is 12.4 Å². The minimum Gasteiger partial charge on any atom is -0.347 e. The van der Waals surface area contributed by atoms with Crippen molar-refractivity contribution >= 4 is 17.4 Å². The largest absolute Gasteiger partial charge is 0.347 e. The van der Waals surface area contributed by atoms with Crippen LogP contribution in [0.15, 0.2) is 61.2 Å². The molecule has 2 aromatic heterocycles. The summed E-state index contributed by atoms with van der Waals surface area (Å²) in [5, 5.41) is 2.82. The number of pyridine rings is 1. The molecule has 0 aliphatic carbocycles. The fourth-order valence-electron chi connectivity index (χ4n) is 2.93. The molecule has 0 atom stereocenters. The second-order valence-corrected chi connectivity index (χ2v) is 5.83. The van der Waals surface area contributed by atoms with Crippen LogP contribution in [-0.2, 0) is 13.0 Å². The molecule has 1 aromatic carbocycles. The molecule has 3 heterocycles.